The molecule has 2 saturated heterocycles. The van der Waals surface area contributed by atoms with Gasteiger partial charge in [-0.1, -0.05) is 13.8 Å². The second-order valence-corrected chi connectivity index (χ2v) is 7.28. The van der Waals surface area contributed by atoms with E-state index >= 15 is 0 Å². The van der Waals surface area contributed by atoms with Crippen LogP contribution in [0.25, 0.3) is 0 Å². The lowest BCUT2D eigenvalue weighted by Gasteiger charge is -2.37. The highest BCUT2D eigenvalue weighted by atomic mass is 15.1. The molecule has 2 aliphatic rings. The summed E-state index contributed by atoms with van der Waals surface area (Å²) in [6, 6.07) is 0.689. The number of nitrogens with zero attached hydrogens (tertiary/aromatic N) is 2. The standard InChI is InChI=1S/C18H37N3/c1-4-10-21-11-6-7-18(15-21)16(3)19-14-17-8-12-20(5-2)13-9-17/h16-19H,4-15H2,1-3H3. The van der Waals surface area contributed by atoms with Crippen LogP contribution in [0.15, 0.2) is 0 Å². The maximum Gasteiger partial charge on any atom is 0.00793 e. The number of hydrogen-bond acceptors (Lipinski definition) is 3. The van der Waals surface area contributed by atoms with Crippen LogP contribution in [0.2, 0.25) is 0 Å². The van der Waals surface area contributed by atoms with Crippen LogP contribution in [0, 0.1) is 11.8 Å². The molecule has 2 rings (SSSR count). The van der Waals surface area contributed by atoms with Crippen LogP contribution in [-0.2, 0) is 0 Å². The second kappa shape index (κ2) is 9.12. The lowest BCUT2D eigenvalue weighted by molar-refractivity contribution is 0.143. The summed E-state index contributed by atoms with van der Waals surface area (Å²) in [6.07, 6.45) is 6.89. The zero-order valence-electron chi connectivity index (χ0n) is 14.6. The molecule has 0 saturated carbocycles. The summed E-state index contributed by atoms with van der Waals surface area (Å²) in [5.41, 5.74) is 0. The van der Waals surface area contributed by atoms with E-state index < -0.39 is 0 Å². The molecule has 0 aromatic rings. The van der Waals surface area contributed by atoms with Crippen molar-refractivity contribution in [3.63, 3.8) is 0 Å². The lowest BCUT2D eigenvalue weighted by Crippen LogP contribution is -2.46. The summed E-state index contributed by atoms with van der Waals surface area (Å²) in [6.45, 7) is 16.0. The molecule has 2 aliphatic heterocycles. The summed E-state index contributed by atoms with van der Waals surface area (Å²) in [5, 5.41) is 3.87. The minimum Gasteiger partial charge on any atom is -0.314 e. The quantitative estimate of drug-likeness (QED) is 0.779. The van der Waals surface area contributed by atoms with Crippen molar-refractivity contribution >= 4 is 0 Å². The van der Waals surface area contributed by atoms with Crippen LogP contribution in [0.5, 0.6) is 0 Å². The van der Waals surface area contributed by atoms with Gasteiger partial charge in [-0.2, -0.15) is 0 Å². The Morgan fingerprint density at radius 2 is 1.81 bits per heavy atom. The molecule has 2 unspecified atom stereocenters. The van der Waals surface area contributed by atoms with Gasteiger partial charge in [0, 0.05) is 12.6 Å². The van der Waals surface area contributed by atoms with Gasteiger partial charge >= 0.3 is 0 Å². The van der Waals surface area contributed by atoms with E-state index in [-0.39, 0.29) is 0 Å². The van der Waals surface area contributed by atoms with E-state index in [0.717, 1.165) is 11.8 Å². The SMILES string of the molecule is CCCN1CCCC(C(C)NCC2CCN(CC)CC2)C1. The fourth-order valence-corrected chi connectivity index (χ4v) is 4.04. The molecule has 21 heavy (non-hydrogen) atoms. The molecule has 2 heterocycles. The van der Waals surface area contributed by atoms with Crippen LogP contribution < -0.4 is 5.32 Å². The molecule has 2 atom stereocenters. The van der Waals surface area contributed by atoms with E-state index in [2.05, 4.69) is 35.9 Å². The van der Waals surface area contributed by atoms with Crippen LogP contribution >= 0.6 is 0 Å². The highest BCUT2D eigenvalue weighted by Crippen LogP contribution is 2.21. The molecule has 0 amide bonds. The minimum atomic E-state index is 0.689. The number of rotatable bonds is 7. The monoisotopic (exact) mass is 295 g/mol. The molecule has 124 valence electrons. The molecule has 0 aromatic carbocycles. The van der Waals surface area contributed by atoms with Gasteiger partial charge in [-0.25, -0.2) is 0 Å². The Labute approximate surface area is 132 Å². The van der Waals surface area contributed by atoms with Crippen LogP contribution in [0.3, 0.4) is 0 Å². The van der Waals surface area contributed by atoms with Crippen LogP contribution in [-0.4, -0.2) is 61.7 Å². The van der Waals surface area contributed by atoms with Gasteiger partial charge in [-0.05, 0) is 90.1 Å². The fourth-order valence-electron chi connectivity index (χ4n) is 4.04. The van der Waals surface area contributed by atoms with Gasteiger partial charge in [0.05, 0.1) is 0 Å². The van der Waals surface area contributed by atoms with Gasteiger partial charge in [-0.15, -0.1) is 0 Å². The van der Waals surface area contributed by atoms with E-state index in [4.69, 9.17) is 0 Å². The number of likely N-dealkylation sites (tertiary alicyclic amines) is 2. The van der Waals surface area contributed by atoms with Crippen molar-refractivity contribution in [3.8, 4) is 0 Å². The number of hydrogen-bond donors (Lipinski definition) is 1. The third-order valence-electron chi connectivity index (χ3n) is 5.67. The molecule has 0 radical (unpaired) electrons. The molecule has 0 spiro atoms. The van der Waals surface area contributed by atoms with Crippen LogP contribution in [0.1, 0.15) is 52.9 Å². The van der Waals surface area contributed by atoms with Crippen molar-refractivity contribution in [3.05, 3.63) is 0 Å². The smallest absolute Gasteiger partial charge is 0.00793 e. The average Bonchev–Trinajstić information content (AvgIpc) is 2.53. The average molecular weight is 296 g/mol. The summed E-state index contributed by atoms with van der Waals surface area (Å²) < 4.78 is 0. The van der Waals surface area contributed by atoms with Crippen molar-refractivity contribution in [2.75, 3.05) is 45.8 Å². The van der Waals surface area contributed by atoms with E-state index in [1.807, 2.05) is 0 Å². The van der Waals surface area contributed by atoms with E-state index in [0.29, 0.717) is 6.04 Å². The first-order valence-electron chi connectivity index (χ1n) is 9.41. The largest absolute Gasteiger partial charge is 0.314 e. The number of nitrogens with one attached hydrogen (secondary N) is 1. The van der Waals surface area contributed by atoms with Crippen molar-refractivity contribution in [2.45, 2.75) is 58.9 Å². The lowest BCUT2D eigenvalue weighted by atomic mass is 9.90. The van der Waals surface area contributed by atoms with Crippen molar-refractivity contribution in [1.82, 2.24) is 15.1 Å². The third-order valence-corrected chi connectivity index (χ3v) is 5.67. The Bertz CT molecular complexity index is 272. The van der Waals surface area contributed by atoms with Gasteiger partial charge in [0.2, 0.25) is 0 Å². The predicted molar refractivity (Wildman–Crippen MR) is 91.8 cm³/mol. The molecule has 1 N–H and O–H groups in total. The Balaban J connectivity index is 1.66. The number of piperidine rings is 2. The Kier molecular flexibility index (Phi) is 7.48. The molecule has 0 aromatic heterocycles. The molecular weight excluding hydrogens is 258 g/mol. The Hall–Kier alpha value is -0.120. The third kappa shape index (κ3) is 5.54. The van der Waals surface area contributed by atoms with E-state index in [1.54, 1.807) is 0 Å². The highest BCUT2D eigenvalue weighted by Gasteiger charge is 2.25. The topological polar surface area (TPSA) is 18.5 Å². The Morgan fingerprint density at radius 3 is 2.48 bits per heavy atom. The molecular formula is C18H37N3. The first kappa shape index (κ1) is 17.2. The molecule has 3 nitrogen and oxygen atoms in total. The minimum absolute atomic E-state index is 0.689. The highest BCUT2D eigenvalue weighted by molar-refractivity contribution is 4.82. The summed E-state index contributed by atoms with van der Waals surface area (Å²) in [4.78, 5) is 5.26. The summed E-state index contributed by atoms with van der Waals surface area (Å²) in [5.74, 6) is 1.77. The van der Waals surface area contributed by atoms with Gasteiger partial charge in [0.1, 0.15) is 0 Å². The van der Waals surface area contributed by atoms with Crippen LogP contribution in [0.4, 0.5) is 0 Å². The second-order valence-electron chi connectivity index (χ2n) is 7.28. The molecule has 0 aliphatic carbocycles. The zero-order chi connectivity index (χ0) is 15.1. The zero-order valence-corrected chi connectivity index (χ0v) is 14.6. The summed E-state index contributed by atoms with van der Waals surface area (Å²) >= 11 is 0. The molecule has 0 bridgehead atoms. The van der Waals surface area contributed by atoms with Crippen molar-refractivity contribution < 1.29 is 0 Å². The Morgan fingerprint density at radius 1 is 1.05 bits per heavy atom. The predicted octanol–water partition coefficient (Wildman–Crippen LogP) is 2.82. The van der Waals surface area contributed by atoms with E-state index in [9.17, 15) is 0 Å². The van der Waals surface area contributed by atoms with Gasteiger partial charge in [-0.3, -0.25) is 0 Å². The van der Waals surface area contributed by atoms with Gasteiger partial charge in [0.25, 0.3) is 0 Å². The van der Waals surface area contributed by atoms with Gasteiger partial charge in [0.15, 0.2) is 0 Å². The first-order chi connectivity index (χ1) is 10.2. The van der Waals surface area contributed by atoms with E-state index in [1.165, 1.54) is 77.9 Å². The maximum absolute atomic E-state index is 3.87. The van der Waals surface area contributed by atoms with Crippen molar-refractivity contribution in [1.29, 1.82) is 0 Å². The molecule has 2 fully saturated rings. The van der Waals surface area contributed by atoms with Crippen molar-refractivity contribution in [2.24, 2.45) is 11.8 Å². The normalized spacial score (nSPS) is 27.9. The summed E-state index contributed by atoms with van der Waals surface area (Å²) in [7, 11) is 0. The first-order valence-corrected chi connectivity index (χ1v) is 9.41. The fraction of sp³-hybridized carbons (Fsp3) is 1.00. The molecule has 3 heteroatoms. The maximum atomic E-state index is 3.87. The van der Waals surface area contributed by atoms with Gasteiger partial charge < -0.3 is 15.1 Å².